The van der Waals surface area contributed by atoms with Gasteiger partial charge in [0.15, 0.2) is 5.37 Å². The molecule has 0 saturated carbocycles. The van der Waals surface area contributed by atoms with Gasteiger partial charge >= 0.3 is 5.97 Å². The van der Waals surface area contributed by atoms with Gasteiger partial charge in [-0.25, -0.2) is 4.79 Å². The molecule has 0 unspecified atom stereocenters. The summed E-state index contributed by atoms with van der Waals surface area (Å²) >= 11 is 1.48. The lowest BCUT2D eigenvalue weighted by Gasteiger charge is -2.27. The van der Waals surface area contributed by atoms with Crippen LogP contribution in [0.25, 0.3) is 0 Å². The van der Waals surface area contributed by atoms with E-state index < -0.39 is 11.3 Å². The van der Waals surface area contributed by atoms with Crippen molar-refractivity contribution < 1.29 is 14.6 Å². The first-order chi connectivity index (χ1) is 7.61. The van der Waals surface area contributed by atoms with Gasteiger partial charge in [0.05, 0.1) is 13.2 Å². The molecule has 1 aliphatic rings. The van der Waals surface area contributed by atoms with Gasteiger partial charge in [0.1, 0.15) is 0 Å². The van der Waals surface area contributed by atoms with Crippen molar-refractivity contribution in [2.24, 2.45) is 0 Å². The first-order valence-corrected chi connectivity index (χ1v) is 6.47. The Morgan fingerprint density at radius 1 is 1.50 bits per heavy atom. The van der Waals surface area contributed by atoms with Crippen LogP contribution in [-0.4, -0.2) is 78.9 Å². The molecule has 1 rings (SSSR count). The first-order valence-electron chi connectivity index (χ1n) is 5.42. The second kappa shape index (κ2) is 7.11. The zero-order valence-electron chi connectivity index (χ0n) is 9.89. The number of carbonyl (C=O) groups is 1. The van der Waals surface area contributed by atoms with E-state index in [1.54, 1.807) is 19.0 Å². The molecule has 0 aromatic rings. The molecule has 0 aromatic carbocycles. The number of thioether (sulfide) groups is 1. The summed E-state index contributed by atoms with van der Waals surface area (Å²) < 4.78 is 5.25. The number of nitrogens with zero attached hydrogens (tertiary/aromatic N) is 2. The lowest BCUT2D eigenvalue weighted by atomic mass is 10.4. The molecule has 1 atom stereocenters. The molecule has 94 valence electrons. The average Bonchev–Trinajstić information content (AvgIpc) is 2.24. The molecule has 16 heavy (non-hydrogen) atoms. The van der Waals surface area contributed by atoms with Crippen LogP contribution in [-0.2, 0) is 9.53 Å². The van der Waals surface area contributed by atoms with Crippen molar-refractivity contribution in [3.63, 3.8) is 0 Å². The third kappa shape index (κ3) is 4.69. The number of likely N-dealkylation sites (N-methyl/N-ethyl adjacent to an activating group) is 1. The second-order valence-electron chi connectivity index (χ2n) is 3.98. The molecule has 1 saturated heterocycles. The summed E-state index contributed by atoms with van der Waals surface area (Å²) in [7, 11) is 3.58. The SMILES string of the molecule is CN(C)[C@@H](SCCN1CCOCC1)C(=O)O. The van der Waals surface area contributed by atoms with Crippen molar-refractivity contribution >= 4 is 17.7 Å². The van der Waals surface area contributed by atoms with Gasteiger partial charge < -0.3 is 9.84 Å². The van der Waals surface area contributed by atoms with Gasteiger partial charge in [0.25, 0.3) is 0 Å². The van der Waals surface area contributed by atoms with E-state index in [0.717, 1.165) is 38.6 Å². The number of carboxylic acids is 1. The zero-order valence-corrected chi connectivity index (χ0v) is 10.7. The van der Waals surface area contributed by atoms with Crippen LogP contribution >= 0.6 is 11.8 Å². The predicted molar refractivity (Wildman–Crippen MR) is 64.8 cm³/mol. The van der Waals surface area contributed by atoms with E-state index in [4.69, 9.17) is 9.84 Å². The normalized spacial score (nSPS) is 19.9. The molecule has 0 aromatic heterocycles. The number of aliphatic carboxylic acids is 1. The molecule has 0 spiro atoms. The summed E-state index contributed by atoms with van der Waals surface area (Å²) in [4.78, 5) is 15.0. The van der Waals surface area contributed by atoms with Gasteiger partial charge in [0, 0.05) is 25.4 Å². The Morgan fingerprint density at radius 2 is 2.12 bits per heavy atom. The highest BCUT2D eigenvalue weighted by Gasteiger charge is 2.20. The van der Waals surface area contributed by atoms with Gasteiger partial charge in [-0.3, -0.25) is 9.80 Å². The van der Waals surface area contributed by atoms with Gasteiger partial charge in [-0.15, -0.1) is 11.8 Å². The minimum absolute atomic E-state index is 0.443. The third-order valence-corrected chi connectivity index (χ3v) is 3.82. The van der Waals surface area contributed by atoms with E-state index in [-0.39, 0.29) is 0 Å². The highest BCUT2D eigenvalue weighted by Crippen LogP contribution is 2.13. The Morgan fingerprint density at radius 3 is 2.62 bits per heavy atom. The van der Waals surface area contributed by atoms with Gasteiger partial charge in [-0.1, -0.05) is 0 Å². The number of carboxylic acid groups (broad SMARTS) is 1. The molecule has 1 heterocycles. The molecule has 1 fully saturated rings. The smallest absolute Gasteiger partial charge is 0.331 e. The van der Waals surface area contributed by atoms with Crippen LogP contribution in [0.2, 0.25) is 0 Å². The first kappa shape index (κ1) is 13.8. The topological polar surface area (TPSA) is 53.0 Å². The fourth-order valence-electron chi connectivity index (χ4n) is 1.56. The number of rotatable bonds is 6. The molecule has 1 N–H and O–H groups in total. The fourth-order valence-corrected chi connectivity index (χ4v) is 2.59. The number of hydrogen-bond acceptors (Lipinski definition) is 5. The molecule has 6 heteroatoms. The monoisotopic (exact) mass is 248 g/mol. The predicted octanol–water partition coefficient (Wildman–Crippen LogP) is 0.0241. The Labute approximate surface area is 101 Å². The molecule has 0 bridgehead atoms. The summed E-state index contributed by atoms with van der Waals surface area (Å²) in [6, 6.07) is 0. The van der Waals surface area contributed by atoms with Crippen molar-refractivity contribution in [3.8, 4) is 0 Å². The van der Waals surface area contributed by atoms with E-state index in [0.29, 0.717) is 0 Å². The van der Waals surface area contributed by atoms with Crippen LogP contribution < -0.4 is 0 Å². The number of hydrogen-bond donors (Lipinski definition) is 1. The average molecular weight is 248 g/mol. The van der Waals surface area contributed by atoms with Crippen LogP contribution in [0.1, 0.15) is 0 Å². The summed E-state index contributed by atoms with van der Waals surface area (Å²) in [5.74, 6) is 0.0757. The second-order valence-corrected chi connectivity index (χ2v) is 5.17. The fraction of sp³-hybridized carbons (Fsp3) is 0.900. The van der Waals surface area contributed by atoms with Crippen LogP contribution in [0.3, 0.4) is 0 Å². The molecular formula is C10H20N2O3S. The van der Waals surface area contributed by atoms with Gasteiger partial charge in [0.2, 0.25) is 0 Å². The number of ether oxygens (including phenoxy) is 1. The van der Waals surface area contributed by atoms with E-state index in [1.165, 1.54) is 11.8 Å². The standard InChI is InChI=1S/C10H20N2O3S/c1-11(2)9(10(13)14)16-8-5-12-3-6-15-7-4-12/h9H,3-8H2,1-2H3,(H,13,14)/t9-/m0/s1. The Kier molecular flexibility index (Phi) is 6.12. The van der Waals surface area contributed by atoms with E-state index in [2.05, 4.69) is 4.90 Å². The minimum atomic E-state index is -0.767. The van der Waals surface area contributed by atoms with Crippen molar-refractivity contribution in [1.29, 1.82) is 0 Å². The maximum Gasteiger partial charge on any atom is 0.331 e. The zero-order chi connectivity index (χ0) is 12.0. The molecule has 0 amide bonds. The molecule has 1 aliphatic heterocycles. The van der Waals surface area contributed by atoms with Gasteiger partial charge in [-0.2, -0.15) is 0 Å². The Hall–Kier alpha value is -0.300. The Bertz CT molecular complexity index is 220. The van der Waals surface area contributed by atoms with E-state index in [1.807, 2.05) is 0 Å². The highest BCUT2D eigenvalue weighted by molar-refractivity contribution is 8.00. The van der Waals surface area contributed by atoms with E-state index in [9.17, 15) is 4.79 Å². The van der Waals surface area contributed by atoms with E-state index >= 15 is 0 Å². The lowest BCUT2D eigenvalue weighted by Crippen LogP contribution is -2.39. The largest absolute Gasteiger partial charge is 0.479 e. The van der Waals surface area contributed by atoms with Crippen molar-refractivity contribution in [3.05, 3.63) is 0 Å². The van der Waals surface area contributed by atoms with Crippen molar-refractivity contribution in [2.45, 2.75) is 5.37 Å². The minimum Gasteiger partial charge on any atom is -0.479 e. The molecule has 0 aliphatic carbocycles. The molecule has 0 radical (unpaired) electrons. The highest BCUT2D eigenvalue weighted by atomic mass is 32.2. The summed E-state index contributed by atoms with van der Waals surface area (Å²) in [5, 5.41) is 8.54. The lowest BCUT2D eigenvalue weighted by molar-refractivity contribution is -0.139. The van der Waals surface area contributed by atoms with Crippen LogP contribution in [0.5, 0.6) is 0 Å². The van der Waals surface area contributed by atoms with Crippen LogP contribution in [0.4, 0.5) is 0 Å². The Balaban J connectivity index is 2.19. The molecular weight excluding hydrogens is 228 g/mol. The maximum absolute atomic E-state index is 10.9. The molecule has 5 nitrogen and oxygen atoms in total. The van der Waals surface area contributed by atoms with Crippen molar-refractivity contribution in [1.82, 2.24) is 9.80 Å². The summed E-state index contributed by atoms with van der Waals surface area (Å²) in [6.07, 6.45) is 0. The maximum atomic E-state index is 10.9. The van der Waals surface area contributed by atoms with Crippen LogP contribution in [0.15, 0.2) is 0 Å². The quantitative estimate of drug-likeness (QED) is 0.669. The summed E-state index contributed by atoms with van der Waals surface area (Å²) in [6.45, 7) is 4.44. The number of morpholine rings is 1. The van der Waals surface area contributed by atoms with Crippen molar-refractivity contribution in [2.75, 3.05) is 52.7 Å². The van der Waals surface area contributed by atoms with Crippen LogP contribution in [0, 0.1) is 0 Å². The van der Waals surface area contributed by atoms with Gasteiger partial charge in [-0.05, 0) is 14.1 Å². The summed E-state index contributed by atoms with van der Waals surface area (Å²) in [5.41, 5.74) is 0. The third-order valence-electron chi connectivity index (χ3n) is 2.47.